The molecule has 8 heteroatoms. The van der Waals surface area contributed by atoms with Crippen molar-refractivity contribution in [1.29, 1.82) is 0 Å². The number of ether oxygens (including phenoxy) is 1. The zero-order valence-electron chi connectivity index (χ0n) is 16.6. The largest absolute Gasteiger partial charge is 0.445 e. The number of carbonyl (C=O) groups excluding carboxylic acids is 3. The van der Waals surface area contributed by atoms with Crippen LogP contribution in [0.5, 0.6) is 0 Å². The molecule has 0 aliphatic heterocycles. The van der Waals surface area contributed by atoms with Crippen LogP contribution in [0.4, 0.5) is 4.79 Å². The second-order valence-electron chi connectivity index (χ2n) is 6.78. The predicted molar refractivity (Wildman–Crippen MR) is 111 cm³/mol. The number of primary amides is 1. The van der Waals surface area contributed by atoms with E-state index in [1.807, 2.05) is 48.5 Å². The summed E-state index contributed by atoms with van der Waals surface area (Å²) in [6.45, 7) is -0.627. The first kappa shape index (κ1) is 22.9. The molecule has 0 aliphatic rings. The number of aliphatic hydroxyl groups excluding tert-OH is 1. The molecule has 160 valence electrons. The second kappa shape index (κ2) is 12.2. The predicted octanol–water partition coefficient (Wildman–Crippen LogP) is 1.27. The molecule has 0 spiro atoms. The van der Waals surface area contributed by atoms with E-state index >= 15 is 0 Å². The Labute approximate surface area is 175 Å². The monoisotopic (exact) mass is 413 g/mol. The third-order valence-corrected chi connectivity index (χ3v) is 4.46. The first-order valence-electron chi connectivity index (χ1n) is 9.71. The summed E-state index contributed by atoms with van der Waals surface area (Å²) in [7, 11) is 0. The van der Waals surface area contributed by atoms with Gasteiger partial charge in [0.1, 0.15) is 18.7 Å². The highest BCUT2D eigenvalue weighted by atomic mass is 16.5. The Morgan fingerprint density at radius 3 is 2.07 bits per heavy atom. The van der Waals surface area contributed by atoms with Crippen LogP contribution in [0.1, 0.15) is 24.0 Å². The summed E-state index contributed by atoms with van der Waals surface area (Å²) >= 11 is 0. The van der Waals surface area contributed by atoms with E-state index < -0.39 is 36.6 Å². The highest BCUT2D eigenvalue weighted by Gasteiger charge is 2.25. The first-order chi connectivity index (χ1) is 14.5. The molecule has 2 aromatic rings. The smallest absolute Gasteiger partial charge is 0.408 e. The lowest BCUT2D eigenvalue weighted by Crippen LogP contribution is -2.54. The molecule has 0 radical (unpaired) electrons. The highest BCUT2D eigenvalue weighted by molar-refractivity contribution is 5.90. The van der Waals surface area contributed by atoms with Gasteiger partial charge in [0, 0.05) is 0 Å². The quantitative estimate of drug-likeness (QED) is 0.441. The summed E-state index contributed by atoms with van der Waals surface area (Å²) in [6.07, 6.45) is 0.849. The zero-order chi connectivity index (χ0) is 21.8. The van der Waals surface area contributed by atoms with Gasteiger partial charge in [-0.2, -0.15) is 0 Å². The Balaban J connectivity index is 1.81. The van der Waals surface area contributed by atoms with Crippen molar-refractivity contribution in [3.8, 4) is 0 Å². The van der Waals surface area contributed by atoms with Crippen LogP contribution in [-0.2, 0) is 27.4 Å². The molecule has 0 bridgehead atoms. The van der Waals surface area contributed by atoms with E-state index in [4.69, 9.17) is 10.5 Å². The van der Waals surface area contributed by atoms with Crippen molar-refractivity contribution in [3.05, 3.63) is 71.8 Å². The number of amides is 3. The van der Waals surface area contributed by atoms with Crippen molar-refractivity contribution >= 4 is 17.9 Å². The Morgan fingerprint density at radius 1 is 0.900 bits per heavy atom. The van der Waals surface area contributed by atoms with Gasteiger partial charge in [-0.15, -0.1) is 0 Å². The van der Waals surface area contributed by atoms with Gasteiger partial charge in [0.05, 0.1) is 6.61 Å². The average molecular weight is 413 g/mol. The molecular formula is C22H27N3O5. The van der Waals surface area contributed by atoms with Crippen LogP contribution in [0.25, 0.3) is 0 Å². The van der Waals surface area contributed by atoms with Crippen LogP contribution >= 0.6 is 0 Å². The summed E-state index contributed by atoms with van der Waals surface area (Å²) in [4.78, 5) is 36.0. The molecule has 0 aliphatic carbocycles. The van der Waals surface area contributed by atoms with E-state index in [1.54, 1.807) is 12.1 Å². The molecule has 0 heterocycles. The number of rotatable bonds is 11. The molecular weight excluding hydrogens is 386 g/mol. The summed E-state index contributed by atoms with van der Waals surface area (Å²) in [6, 6.07) is 16.6. The Kier molecular flexibility index (Phi) is 9.33. The Hall–Kier alpha value is -3.39. The maximum Gasteiger partial charge on any atom is 0.408 e. The summed E-state index contributed by atoms with van der Waals surface area (Å²) < 4.78 is 5.04. The number of benzene rings is 2. The molecule has 0 saturated heterocycles. The van der Waals surface area contributed by atoms with Gasteiger partial charge in [0.25, 0.3) is 0 Å². The lowest BCUT2D eigenvalue weighted by atomic mass is 10.0. The highest BCUT2D eigenvalue weighted by Crippen LogP contribution is 2.07. The molecule has 2 rings (SSSR count). The van der Waals surface area contributed by atoms with Gasteiger partial charge >= 0.3 is 6.09 Å². The normalized spacial score (nSPS) is 12.4. The maximum absolute atomic E-state index is 12.4. The molecule has 30 heavy (non-hydrogen) atoms. The number of aliphatic hydroxyl groups is 1. The molecule has 0 saturated carbocycles. The fourth-order valence-corrected chi connectivity index (χ4v) is 2.81. The van der Waals surface area contributed by atoms with Crippen molar-refractivity contribution in [2.45, 2.75) is 38.0 Å². The van der Waals surface area contributed by atoms with Gasteiger partial charge in [-0.3, -0.25) is 9.59 Å². The minimum Gasteiger partial charge on any atom is -0.445 e. The fourth-order valence-electron chi connectivity index (χ4n) is 2.81. The number of hydrogen-bond acceptors (Lipinski definition) is 5. The molecule has 0 unspecified atom stereocenters. The minimum atomic E-state index is -1.26. The van der Waals surface area contributed by atoms with Gasteiger partial charge in [-0.05, 0) is 30.4 Å². The Morgan fingerprint density at radius 2 is 1.50 bits per heavy atom. The SMILES string of the molecule is NC(=O)[C@@H](CCCc1ccccc1)NC(=O)[C@H](CO)NC(=O)OCc1ccccc1. The number of carbonyl (C=O) groups is 3. The molecule has 8 nitrogen and oxygen atoms in total. The summed E-state index contributed by atoms with van der Waals surface area (Å²) in [5.74, 6) is -1.39. The van der Waals surface area contributed by atoms with Crippen molar-refractivity contribution in [2.24, 2.45) is 5.73 Å². The lowest BCUT2D eigenvalue weighted by Gasteiger charge is -2.20. The lowest BCUT2D eigenvalue weighted by molar-refractivity contribution is -0.129. The van der Waals surface area contributed by atoms with E-state index in [9.17, 15) is 19.5 Å². The van der Waals surface area contributed by atoms with Gasteiger partial charge in [-0.25, -0.2) is 4.79 Å². The van der Waals surface area contributed by atoms with Crippen LogP contribution in [0.15, 0.2) is 60.7 Å². The topological polar surface area (TPSA) is 131 Å². The van der Waals surface area contributed by atoms with Gasteiger partial charge in [-0.1, -0.05) is 60.7 Å². The van der Waals surface area contributed by atoms with Gasteiger partial charge in [0.15, 0.2) is 0 Å². The second-order valence-corrected chi connectivity index (χ2v) is 6.78. The van der Waals surface area contributed by atoms with Crippen LogP contribution in [-0.4, -0.2) is 41.7 Å². The molecule has 5 N–H and O–H groups in total. The van der Waals surface area contributed by atoms with E-state index in [1.165, 1.54) is 0 Å². The number of alkyl carbamates (subject to hydrolysis) is 1. The maximum atomic E-state index is 12.4. The molecule has 2 atom stereocenters. The standard InChI is InChI=1S/C22H27N3O5/c23-20(27)18(13-7-12-16-8-3-1-4-9-16)24-21(28)19(14-26)25-22(29)30-15-17-10-5-2-6-11-17/h1-6,8-11,18-19,26H,7,12-15H2,(H2,23,27)(H,24,28)(H,25,29)/t18-,19+/m1/s1. The van der Waals surface area contributed by atoms with Crippen molar-refractivity contribution in [3.63, 3.8) is 0 Å². The van der Waals surface area contributed by atoms with Crippen LogP contribution in [0.2, 0.25) is 0 Å². The number of aryl methyl sites for hydroxylation is 1. The van der Waals surface area contributed by atoms with E-state index in [-0.39, 0.29) is 6.61 Å². The third-order valence-electron chi connectivity index (χ3n) is 4.46. The van der Waals surface area contributed by atoms with Gasteiger partial charge in [0.2, 0.25) is 11.8 Å². The molecule has 0 aromatic heterocycles. The van der Waals surface area contributed by atoms with E-state index in [0.717, 1.165) is 17.5 Å². The zero-order valence-corrected chi connectivity index (χ0v) is 16.6. The van der Waals surface area contributed by atoms with E-state index in [2.05, 4.69) is 10.6 Å². The van der Waals surface area contributed by atoms with Crippen LogP contribution < -0.4 is 16.4 Å². The van der Waals surface area contributed by atoms with Crippen LogP contribution in [0, 0.1) is 0 Å². The summed E-state index contributed by atoms with van der Waals surface area (Å²) in [5, 5.41) is 14.2. The van der Waals surface area contributed by atoms with Gasteiger partial charge < -0.3 is 26.2 Å². The molecule has 0 fully saturated rings. The van der Waals surface area contributed by atoms with Crippen molar-refractivity contribution in [2.75, 3.05) is 6.61 Å². The minimum absolute atomic E-state index is 0.0236. The third kappa shape index (κ3) is 7.92. The van der Waals surface area contributed by atoms with E-state index in [0.29, 0.717) is 12.8 Å². The van der Waals surface area contributed by atoms with Crippen molar-refractivity contribution < 1.29 is 24.2 Å². The average Bonchev–Trinajstić information content (AvgIpc) is 2.76. The van der Waals surface area contributed by atoms with Crippen LogP contribution in [0.3, 0.4) is 0 Å². The summed E-state index contributed by atoms with van der Waals surface area (Å²) in [5.41, 5.74) is 7.29. The number of hydrogen-bond donors (Lipinski definition) is 4. The van der Waals surface area contributed by atoms with Crippen molar-refractivity contribution in [1.82, 2.24) is 10.6 Å². The number of nitrogens with two attached hydrogens (primary N) is 1. The molecule has 2 aromatic carbocycles. The Bertz CT molecular complexity index is 814. The fraction of sp³-hybridized carbons (Fsp3) is 0.318. The number of nitrogens with one attached hydrogen (secondary N) is 2. The molecule has 3 amide bonds. The first-order valence-corrected chi connectivity index (χ1v) is 9.71.